The van der Waals surface area contributed by atoms with E-state index in [-0.39, 0.29) is 17.0 Å². The fourth-order valence-electron chi connectivity index (χ4n) is 2.64. The molecule has 0 atom stereocenters. The van der Waals surface area contributed by atoms with Gasteiger partial charge in [-0.1, -0.05) is 19.4 Å². The lowest BCUT2D eigenvalue weighted by atomic mass is 10.0. The molecule has 0 fully saturated rings. The van der Waals surface area contributed by atoms with E-state index in [2.05, 4.69) is 16.9 Å². The summed E-state index contributed by atoms with van der Waals surface area (Å²) in [6.07, 6.45) is 6.17. The minimum atomic E-state index is -1.17. The quantitative estimate of drug-likeness (QED) is 0.545. The van der Waals surface area contributed by atoms with Crippen molar-refractivity contribution in [3.8, 4) is 22.5 Å². The first-order valence-electron chi connectivity index (χ1n) is 8.25. The van der Waals surface area contributed by atoms with Gasteiger partial charge in [-0.05, 0) is 48.2 Å². The fraction of sp³-hybridized carbons (Fsp3) is 0.200. The Morgan fingerprint density at radius 2 is 1.38 bits per heavy atom. The van der Waals surface area contributed by atoms with Crippen LogP contribution in [0.4, 0.5) is 17.6 Å². The van der Waals surface area contributed by atoms with Crippen molar-refractivity contribution in [2.75, 3.05) is 0 Å². The number of halogens is 4. The summed E-state index contributed by atoms with van der Waals surface area (Å²) in [6.45, 7) is 2.08. The first-order valence-corrected chi connectivity index (χ1v) is 8.25. The van der Waals surface area contributed by atoms with Crippen molar-refractivity contribution in [3.63, 3.8) is 0 Å². The average molecular weight is 360 g/mol. The maximum Gasteiger partial charge on any atom is 0.159 e. The standard InChI is InChI=1S/C20H16F4N2/c1-2-3-4-12-10-25-20(26-11-12)14-8-17(23)19(18(24)9-14)13-5-6-15(21)16(22)7-13/h5-11H,2-4H2,1H3. The zero-order valence-corrected chi connectivity index (χ0v) is 14.1. The van der Waals surface area contributed by atoms with Gasteiger partial charge in [0, 0.05) is 18.0 Å². The largest absolute Gasteiger partial charge is 0.236 e. The molecule has 0 spiro atoms. The third kappa shape index (κ3) is 3.74. The molecule has 0 N–H and O–H groups in total. The third-order valence-electron chi connectivity index (χ3n) is 4.03. The third-order valence-corrected chi connectivity index (χ3v) is 4.03. The second-order valence-corrected chi connectivity index (χ2v) is 5.96. The molecule has 3 aromatic rings. The summed E-state index contributed by atoms with van der Waals surface area (Å²) >= 11 is 0. The normalized spacial score (nSPS) is 11.0. The predicted octanol–water partition coefficient (Wildman–Crippen LogP) is 5.71. The SMILES string of the molecule is CCCCc1cnc(-c2cc(F)c(-c3ccc(F)c(F)c3)c(F)c2)nc1. The number of unbranched alkanes of at least 4 members (excludes halogenated alkanes) is 1. The Morgan fingerprint density at radius 3 is 1.96 bits per heavy atom. The van der Waals surface area contributed by atoms with Gasteiger partial charge in [-0.15, -0.1) is 0 Å². The minimum Gasteiger partial charge on any atom is -0.236 e. The van der Waals surface area contributed by atoms with E-state index in [0.717, 1.165) is 55.2 Å². The summed E-state index contributed by atoms with van der Waals surface area (Å²) in [5, 5.41) is 0. The predicted molar refractivity (Wildman–Crippen MR) is 91.3 cm³/mol. The van der Waals surface area contributed by atoms with Gasteiger partial charge in [-0.3, -0.25) is 0 Å². The van der Waals surface area contributed by atoms with Gasteiger partial charge in [0.1, 0.15) is 11.6 Å². The molecule has 2 nitrogen and oxygen atoms in total. The Hall–Kier alpha value is -2.76. The van der Waals surface area contributed by atoms with Crippen LogP contribution in [0.1, 0.15) is 25.3 Å². The molecular formula is C20H16F4N2. The first kappa shape index (κ1) is 18.0. The minimum absolute atomic E-state index is 0.0821. The Bertz CT molecular complexity index is 901. The molecule has 26 heavy (non-hydrogen) atoms. The molecule has 0 saturated carbocycles. The van der Waals surface area contributed by atoms with Crippen LogP contribution in [0, 0.1) is 23.3 Å². The highest BCUT2D eigenvalue weighted by atomic mass is 19.2. The van der Waals surface area contributed by atoms with Crippen LogP contribution in [0.5, 0.6) is 0 Å². The monoisotopic (exact) mass is 360 g/mol. The average Bonchev–Trinajstić information content (AvgIpc) is 2.62. The second-order valence-electron chi connectivity index (χ2n) is 5.96. The van der Waals surface area contributed by atoms with E-state index in [0.29, 0.717) is 0 Å². The number of aryl methyl sites for hydroxylation is 1. The maximum absolute atomic E-state index is 14.4. The van der Waals surface area contributed by atoms with Gasteiger partial charge in [0.05, 0.1) is 5.56 Å². The van der Waals surface area contributed by atoms with Crippen LogP contribution in [-0.4, -0.2) is 9.97 Å². The summed E-state index contributed by atoms with van der Waals surface area (Å²) in [7, 11) is 0. The van der Waals surface area contributed by atoms with Crippen molar-refractivity contribution in [1.29, 1.82) is 0 Å². The van der Waals surface area contributed by atoms with Gasteiger partial charge in [0.25, 0.3) is 0 Å². The van der Waals surface area contributed by atoms with E-state index in [9.17, 15) is 17.6 Å². The molecule has 0 aliphatic heterocycles. The summed E-state index contributed by atoms with van der Waals surface area (Å²) in [5.74, 6) is -3.85. The van der Waals surface area contributed by atoms with Gasteiger partial charge in [0.2, 0.25) is 0 Å². The lowest BCUT2D eigenvalue weighted by molar-refractivity contribution is 0.508. The second kappa shape index (κ2) is 7.64. The zero-order chi connectivity index (χ0) is 18.7. The van der Waals surface area contributed by atoms with Crippen LogP contribution in [0.25, 0.3) is 22.5 Å². The molecule has 2 aromatic carbocycles. The molecule has 0 bridgehead atoms. The zero-order valence-electron chi connectivity index (χ0n) is 14.1. The lowest BCUT2D eigenvalue weighted by Gasteiger charge is -2.09. The summed E-state index contributed by atoms with van der Waals surface area (Å²) < 4.78 is 55.3. The van der Waals surface area contributed by atoms with Crippen LogP contribution in [0.3, 0.4) is 0 Å². The number of benzene rings is 2. The first-order chi connectivity index (χ1) is 12.5. The van der Waals surface area contributed by atoms with Crippen LogP contribution >= 0.6 is 0 Å². The Labute approximate surface area is 148 Å². The molecule has 3 rings (SSSR count). The topological polar surface area (TPSA) is 25.8 Å². The van der Waals surface area contributed by atoms with Gasteiger partial charge in [0.15, 0.2) is 17.5 Å². The smallest absolute Gasteiger partial charge is 0.159 e. The maximum atomic E-state index is 14.4. The molecule has 0 aliphatic rings. The molecule has 0 aliphatic carbocycles. The van der Waals surface area contributed by atoms with E-state index in [1.165, 1.54) is 0 Å². The summed E-state index contributed by atoms with van der Waals surface area (Å²) in [6, 6.07) is 4.88. The molecule has 6 heteroatoms. The van der Waals surface area contributed by atoms with Crippen LogP contribution in [0.2, 0.25) is 0 Å². The van der Waals surface area contributed by atoms with Crippen LogP contribution in [-0.2, 0) is 6.42 Å². The molecule has 1 heterocycles. The van der Waals surface area contributed by atoms with E-state index in [4.69, 9.17) is 0 Å². The summed E-state index contributed by atoms with van der Waals surface area (Å²) in [4.78, 5) is 8.32. The van der Waals surface area contributed by atoms with Crippen molar-refractivity contribution in [2.24, 2.45) is 0 Å². The molecule has 0 saturated heterocycles. The molecule has 134 valence electrons. The molecule has 0 radical (unpaired) electrons. The number of nitrogens with zero attached hydrogens (tertiary/aromatic N) is 2. The van der Waals surface area contributed by atoms with Crippen molar-refractivity contribution >= 4 is 0 Å². The van der Waals surface area contributed by atoms with Crippen LogP contribution < -0.4 is 0 Å². The lowest BCUT2D eigenvalue weighted by Crippen LogP contribution is -1.97. The fourth-order valence-corrected chi connectivity index (χ4v) is 2.64. The Morgan fingerprint density at radius 1 is 0.769 bits per heavy atom. The van der Waals surface area contributed by atoms with Gasteiger partial charge in [-0.25, -0.2) is 27.5 Å². The highest BCUT2D eigenvalue weighted by Gasteiger charge is 2.17. The van der Waals surface area contributed by atoms with E-state index in [1.807, 2.05) is 0 Å². The van der Waals surface area contributed by atoms with Crippen molar-refractivity contribution in [3.05, 3.63) is 71.6 Å². The van der Waals surface area contributed by atoms with Crippen molar-refractivity contribution in [1.82, 2.24) is 9.97 Å². The van der Waals surface area contributed by atoms with Crippen molar-refractivity contribution in [2.45, 2.75) is 26.2 Å². The highest BCUT2D eigenvalue weighted by molar-refractivity contribution is 5.69. The number of hydrogen-bond donors (Lipinski definition) is 0. The van der Waals surface area contributed by atoms with Crippen molar-refractivity contribution < 1.29 is 17.6 Å². The van der Waals surface area contributed by atoms with Gasteiger partial charge >= 0.3 is 0 Å². The van der Waals surface area contributed by atoms with E-state index in [1.54, 1.807) is 12.4 Å². The van der Waals surface area contributed by atoms with E-state index < -0.39 is 28.8 Å². The van der Waals surface area contributed by atoms with E-state index >= 15 is 0 Å². The molecule has 1 aromatic heterocycles. The molecule has 0 unspecified atom stereocenters. The highest BCUT2D eigenvalue weighted by Crippen LogP contribution is 2.30. The molecule has 0 amide bonds. The summed E-state index contributed by atoms with van der Waals surface area (Å²) in [5.41, 5.74) is 0.622. The number of rotatable bonds is 5. The van der Waals surface area contributed by atoms with Gasteiger partial charge in [-0.2, -0.15) is 0 Å². The molecular weight excluding hydrogens is 344 g/mol. The van der Waals surface area contributed by atoms with Crippen LogP contribution in [0.15, 0.2) is 42.7 Å². The number of hydrogen-bond acceptors (Lipinski definition) is 2. The Kier molecular flexibility index (Phi) is 5.30. The van der Waals surface area contributed by atoms with Gasteiger partial charge < -0.3 is 0 Å². The Balaban J connectivity index is 1.95. The number of aromatic nitrogens is 2.